The summed E-state index contributed by atoms with van der Waals surface area (Å²) in [7, 11) is 0. The molecule has 3 N–H and O–H groups in total. The van der Waals surface area contributed by atoms with Crippen LogP contribution in [0.1, 0.15) is 42.1 Å². The van der Waals surface area contributed by atoms with E-state index in [1.165, 1.54) is 0 Å². The maximum atomic E-state index is 12.8. The van der Waals surface area contributed by atoms with Crippen LogP contribution in [0.2, 0.25) is 0 Å². The lowest BCUT2D eigenvalue weighted by molar-refractivity contribution is -0.116. The minimum atomic E-state index is 0. The third-order valence-corrected chi connectivity index (χ3v) is 4.76. The van der Waals surface area contributed by atoms with Crippen LogP contribution in [0, 0.1) is 5.92 Å². The van der Waals surface area contributed by atoms with E-state index in [9.17, 15) is 9.59 Å². The Morgan fingerprint density at radius 1 is 1.39 bits per heavy atom. The van der Waals surface area contributed by atoms with Crippen molar-refractivity contribution in [2.45, 2.75) is 38.6 Å². The highest BCUT2D eigenvalue weighted by Crippen LogP contribution is 2.27. The molecule has 0 aliphatic carbocycles. The summed E-state index contributed by atoms with van der Waals surface area (Å²) in [6.07, 6.45) is 3.18. The first-order chi connectivity index (χ1) is 10.6. The summed E-state index contributed by atoms with van der Waals surface area (Å²) in [6.45, 7) is 3.50. The van der Waals surface area contributed by atoms with E-state index in [-0.39, 0.29) is 30.3 Å². The highest BCUT2D eigenvalue weighted by molar-refractivity contribution is 5.98. The number of hydrogen-bond donors (Lipinski definition) is 2. The van der Waals surface area contributed by atoms with Crippen LogP contribution >= 0.6 is 12.4 Å². The standard InChI is InChI=1S/C17H23N3O2.ClH/c1-11-6-7-20(14(8-11)10-18)17(22)13-2-4-15-12(9-13)3-5-16(21)19-15;/h2,4,9,11,14H,3,5-8,10,18H2,1H3,(H,19,21);1H. The van der Waals surface area contributed by atoms with E-state index < -0.39 is 0 Å². The van der Waals surface area contributed by atoms with Crippen molar-refractivity contribution in [1.82, 2.24) is 4.90 Å². The maximum Gasteiger partial charge on any atom is 0.254 e. The van der Waals surface area contributed by atoms with E-state index in [1.807, 2.05) is 17.0 Å². The number of nitrogens with zero attached hydrogens (tertiary/aromatic N) is 1. The van der Waals surface area contributed by atoms with Gasteiger partial charge in [-0.15, -0.1) is 12.4 Å². The molecule has 0 aromatic heterocycles. The lowest BCUT2D eigenvalue weighted by Gasteiger charge is -2.38. The highest BCUT2D eigenvalue weighted by Gasteiger charge is 2.30. The molecule has 0 saturated carbocycles. The van der Waals surface area contributed by atoms with E-state index in [1.54, 1.807) is 6.07 Å². The number of fused-ring (bicyclic) bond motifs is 1. The second kappa shape index (κ2) is 7.32. The van der Waals surface area contributed by atoms with Gasteiger partial charge < -0.3 is 16.0 Å². The topological polar surface area (TPSA) is 75.4 Å². The molecular weight excluding hydrogens is 314 g/mol. The number of hydrogen-bond acceptors (Lipinski definition) is 3. The van der Waals surface area contributed by atoms with Gasteiger partial charge in [-0.3, -0.25) is 9.59 Å². The van der Waals surface area contributed by atoms with Gasteiger partial charge >= 0.3 is 0 Å². The minimum Gasteiger partial charge on any atom is -0.334 e. The Bertz CT molecular complexity index is 606. The van der Waals surface area contributed by atoms with E-state index >= 15 is 0 Å². The van der Waals surface area contributed by atoms with Crippen molar-refractivity contribution < 1.29 is 9.59 Å². The monoisotopic (exact) mass is 337 g/mol. The van der Waals surface area contributed by atoms with Gasteiger partial charge in [0.2, 0.25) is 5.91 Å². The smallest absolute Gasteiger partial charge is 0.254 e. The Morgan fingerprint density at radius 3 is 2.91 bits per heavy atom. The largest absolute Gasteiger partial charge is 0.334 e. The molecule has 1 aromatic rings. The Morgan fingerprint density at radius 2 is 2.17 bits per heavy atom. The molecule has 1 aromatic carbocycles. The predicted octanol–water partition coefficient (Wildman–Crippen LogP) is 2.19. The molecule has 2 amide bonds. The molecular formula is C17H24ClN3O2. The van der Waals surface area contributed by atoms with E-state index in [4.69, 9.17) is 5.73 Å². The zero-order chi connectivity index (χ0) is 15.7. The van der Waals surface area contributed by atoms with Gasteiger partial charge in [0.15, 0.2) is 0 Å². The number of nitrogens with one attached hydrogen (secondary N) is 1. The molecule has 2 unspecified atom stereocenters. The molecule has 6 heteroatoms. The lowest BCUT2D eigenvalue weighted by Crippen LogP contribution is -2.49. The van der Waals surface area contributed by atoms with Gasteiger partial charge in [0.25, 0.3) is 5.91 Å². The number of anilines is 1. The summed E-state index contributed by atoms with van der Waals surface area (Å²) in [6, 6.07) is 5.69. The van der Waals surface area contributed by atoms with Crippen LogP contribution in [-0.2, 0) is 11.2 Å². The Kier molecular flexibility index (Phi) is 5.65. The van der Waals surface area contributed by atoms with Crippen molar-refractivity contribution in [2.24, 2.45) is 11.7 Å². The summed E-state index contributed by atoms with van der Waals surface area (Å²) in [4.78, 5) is 26.1. The molecule has 2 atom stereocenters. The quantitative estimate of drug-likeness (QED) is 0.868. The van der Waals surface area contributed by atoms with Gasteiger partial charge in [0, 0.05) is 36.8 Å². The molecule has 1 saturated heterocycles. The first-order valence-electron chi connectivity index (χ1n) is 8.02. The van der Waals surface area contributed by atoms with Crippen LogP contribution in [0.4, 0.5) is 5.69 Å². The third kappa shape index (κ3) is 3.67. The van der Waals surface area contributed by atoms with Crippen molar-refractivity contribution in [1.29, 1.82) is 0 Å². The van der Waals surface area contributed by atoms with Crippen molar-refractivity contribution in [3.05, 3.63) is 29.3 Å². The minimum absolute atomic E-state index is 0. The lowest BCUT2D eigenvalue weighted by atomic mass is 9.91. The van der Waals surface area contributed by atoms with Gasteiger partial charge in [-0.1, -0.05) is 6.92 Å². The predicted molar refractivity (Wildman–Crippen MR) is 92.9 cm³/mol. The van der Waals surface area contributed by atoms with Gasteiger partial charge in [-0.25, -0.2) is 0 Å². The first kappa shape index (κ1) is 17.8. The zero-order valence-electron chi connectivity index (χ0n) is 13.4. The molecule has 23 heavy (non-hydrogen) atoms. The molecule has 2 heterocycles. The van der Waals surface area contributed by atoms with E-state index in [2.05, 4.69) is 12.2 Å². The SMILES string of the molecule is CC1CCN(C(=O)c2ccc3c(c2)CCC(=O)N3)C(CN)C1.Cl. The van der Waals surface area contributed by atoms with Crippen LogP contribution in [0.5, 0.6) is 0 Å². The number of rotatable bonds is 2. The maximum absolute atomic E-state index is 12.8. The number of carbonyl (C=O) groups is 2. The van der Waals surface area contributed by atoms with Crippen LogP contribution in [0.25, 0.3) is 0 Å². The number of halogens is 1. The molecule has 2 aliphatic rings. The average Bonchev–Trinajstić information content (AvgIpc) is 2.53. The number of aryl methyl sites for hydroxylation is 1. The molecule has 0 radical (unpaired) electrons. The number of amides is 2. The highest BCUT2D eigenvalue weighted by atomic mass is 35.5. The van der Waals surface area contributed by atoms with Crippen LogP contribution in [0.15, 0.2) is 18.2 Å². The van der Waals surface area contributed by atoms with Crippen LogP contribution < -0.4 is 11.1 Å². The normalized spacial score (nSPS) is 23.6. The molecule has 0 bridgehead atoms. The number of benzene rings is 1. The molecule has 1 fully saturated rings. The summed E-state index contributed by atoms with van der Waals surface area (Å²) in [5.74, 6) is 0.721. The van der Waals surface area contributed by atoms with Crippen molar-refractivity contribution in [2.75, 3.05) is 18.4 Å². The third-order valence-electron chi connectivity index (χ3n) is 4.76. The van der Waals surface area contributed by atoms with Gasteiger partial charge in [-0.05, 0) is 48.9 Å². The average molecular weight is 338 g/mol. The van der Waals surface area contributed by atoms with Crippen molar-refractivity contribution >= 4 is 29.9 Å². The second-order valence-electron chi connectivity index (χ2n) is 6.44. The fraction of sp³-hybridized carbons (Fsp3) is 0.529. The molecule has 2 aliphatic heterocycles. The van der Waals surface area contributed by atoms with Gasteiger partial charge in [0.05, 0.1) is 0 Å². The van der Waals surface area contributed by atoms with Gasteiger partial charge in [0.1, 0.15) is 0 Å². The van der Waals surface area contributed by atoms with Crippen molar-refractivity contribution in [3.63, 3.8) is 0 Å². The number of piperidine rings is 1. The molecule has 0 spiro atoms. The number of nitrogens with two attached hydrogens (primary N) is 1. The summed E-state index contributed by atoms with van der Waals surface area (Å²) >= 11 is 0. The number of likely N-dealkylation sites (tertiary alicyclic amines) is 1. The second-order valence-corrected chi connectivity index (χ2v) is 6.44. The molecule has 5 nitrogen and oxygen atoms in total. The Labute approximate surface area is 143 Å². The Balaban J connectivity index is 0.00000192. The van der Waals surface area contributed by atoms with Crippen LogP contribution in [0.3, 0.4) is 0 Å². The van der Waals surface area contributed by atoms with Crippen LogP contribution in [-0.4, -0.2) is 35.8 Å². The fourth-order valence-corrected chi connectivity index (χ4v) is 3.42. The summed E-state index contributed by atoms with van der Waals surface area (Å²) < 4.78 is 0. The van der Waals surface area contributed by atoms with E-state index in [0.717, 1.165) is 30.6 Å². The van der Waals surface area contributed by atoms with E-state index in [0.29, 0.717) is 30.9 Å². The van der Waals surface area contributed by atoms with Gasteiger partial charge in [-0.2, -0.15) is 0 Å². The Hall–Kier alpha value is -1.59. The summed E-state index contributed by atoms with van der Waals surface area (Å²) in [5.41, 5.74) is 8.42. The first-order valence-corrected chi connectivity index (χ1v) is 8.02. The zero-order valence-corrected chi connectivity index (χ0v) is 14.2. The number of carbonyl (C=O) groups excluding carboxylic acids is 2. The fourth-order valence-electron chi connectivity index (χ4n) is 3.42. The van der Waals surface area contributed by atoms with Crippen molar-refractivity contribution in [3.8, 4) is 0 Å². The molecule has 3 rings (SSSR count). The summed E-state index contributed by atoms with van der Waals surface area (Å²) in [5, 5.41) is 2.85. The molecule has 126 valence electrons.